The number of allylic oxidation sites excluding steroid dienone is 1. The second-order valence-electron chi connectivity index (χ2n) is 7.74. The van der Waals surface area contributed by atoms with Crippen LogP contribution >= 0.6 is 11.6 Å². The molecule has 3 aromatic rings. The largest absolute Gasteiger partial charge is 0.477 e. The molecule has 4 nitrogen and oxygen atoms in total. The van der Waals surface area contributed by atoms with Gasteiger partial charge in [-0.1, -0.05) is 35.9 Å². The maximum absolute atomic E-state index is 13.2. The van der Waals surface area contributed by atoms with Gasteiger partial charge in [0.25, 0.3) is 0 Å². The van der Waals surface area contributed by atoms with E-state index in [4.69, 9.17) is 21.1 Å². The van der Waals surface area contributed by atoms with Gasteiger partial charge in [0.05, 0.1) is 5.56 Å². The average Bonchev–Trinajstić information content (AvgIpc) is 3.07. The van der Waals surface area contributed by atoms with Gasteiger partial charge in [0.15, 0.2) is 5.76 Å². The third kappa shape index (κ3) is 3.82. The molecule has 3 aromatic carbocycles. The fraction of sp³-hybridized carbons (Fsp3) is 0.160. The normalized spacial score (nSPS) is 16.6. The van der Waals surface area contributed by atoms with Crippen LogP contribution in [0.1, 0.15) is 32.6 Å². The zero-order valence-corrected chi connectivity index (χ0v) is 17.6. The Morgan fingerprint density at radius 3 is 2.58 bits per heavy atom. The summed E-state index contributed by atoms with van der Waals surface area (Å²) in [6, 6.07) is 15.5. The van der Waals surface area contributed by atoms with E-state index in [2.05, 4.69) is 4.90 Å². The van der Waals surface area contributed by atoms with Crippen LogP contribution in [-0.2, 0) is 13.1 Å². The Morgan fingerprint density at radius 1 is 1.10 bits per heavy atom. The first-order valence-electron chi connectivity index (χ1n) is 9.94. The van der Waals surface area contributed by atoms with Crippen molar-refractivity contribution < 1.29 is 18.7 Å². The van der Waals surface area contributed by atoms with Gasteiger partial charge in [-0.2, -0.15) is 0 Å². The Balaban J connectivity index is 1.41. The van der Waals surface area contributed by atoms with Crippen LogP contribution < -0.4 is 9.47 Å². The third-order valence-corrected chi connectivity index (χ3v) is 5.74. The zero-order chi connectivity index (χ0) is 21.5. The van der Waals surface area contributed by atoms with Gasteiger partial charge in [0.1, 0.15) is 24.0 Å². The lowest BCUT2D eigenvalue weighted by Crippen LogP contribution is -2.32. The van der Waals surface area contributed by atoms with E-state index in [0.717, 1.165) is 22.4 Å². The lowest BCUT2D eigenvalue weighted by molar-refractivity contribution is 0.0876. The Morgan fingerprint density at radius 2 is 1.84 bits per heavy atom. The van der Waals surface area contributed by atoms with Crippen molar-refractivity contribution in [2.24, 2.45) is 0 Å². The highest BCUT2D eigenvalue weighted by Crippen LogP contribution is 2.43. The summed E-state index contributed by atoms with van der Waals surface area (Å²) < 4.78 is 25.1. The number of nitrogens with zero attached hydrogens (tertiary/aromatic N) is 1. The third-order valence-electron chi connectivity index (χ3n) is 5.49. The summed E-state index contributed by atoms with van der Waals surface area (Å²) in [6.45, 7) is 3.73. The standard InChI is InChI=1S/C25H19ClFNO3/c1-15-24-18(13-28(14-30-24)12-17-2-6-19(26)7-3-17)11-21-23(29)22(31-25(15)21)10-16-4-8-20(27)9-5-16/h2-11H,12-14H2,1H3/b22-10-. The number of benzene rings is 3. The minimum atomic E-state index is -0.326. The van der Waals surface area contributed by atoms with E-state index in [-0.39, 0.29) is 17.4 Å². The second-order valence-corrected chi connectivity index (χ2v) is 8.18. The molecule has 0 unspecified atom stereocenters. The van der Waals surface area contributed by atoms with E-state index in [0.29, 0.717) is 41.7 Å². The Labute approximate surface area is 184 Å². The van der Waals surface area contributed by atoms with Crippen molar-refractivity contribution in [3.63, 3.8) is 0 Å². The van der Waals surface area contributed by atoms with E-state index in [1.54, 1.807) is 18.2 Å². The summed E-state index contributed by atoms with van der Waals surface area (Å²) >= 11 is 5.97. The van der Waals surface area contributed by atoms with Gasteiger partial charge in [-0.15, -0.1) is 0 Å². The second kappa shape index (κ2) is 7.84. The maximum Gasteiger partial charge on any atom is 0.231 e. The van der Waals surface area contributed by atoms with Crippen molar-refractivity contribution in [3.8, 4) is 11.5 Å². The fourth-order valence-corrected chi connectivity index (χ4v) is 4.08. The van der Waals surface area contributed by atoms with Crippen LogP contribution in [-0.4, -0.2) is 17.4 Å². The number of Topliss-reactive ketones (excluding diaryl/α,β-unsaturated/α-hetero) is 1. The van der Waals surface area contributed by atoms with Crippen molar-refractivity contribution >= 4 is 23.5 Å². The summed E-state index contributed by atoms with van der Waals surface area (Å²) in [5, 5.41) is 0.707. The highest BCUT2D eigenvalue weighted by Gasteiger charge is 2.33. The molecule has 156 valence electrons. The molecule has 2 aliphatic heterocycles. The number of fused-ring (bicyclic) bond motifs is 2. The number of carbonyl (C=O) groups excluding carboxylic acids is 1. The number of ketones is 1. The maximum atomic E-state index is 13.2. The first kappa shape index (κ1) is 19.8. The van der Waals surface area contributed by atoms with Crippen LogP contribution in [0.5, 0.6) is 11.5 Å². The van der Waals surface area contributed by atoms with Crippen molar-refractivity contribution in [2.45, 2.75) is 20.0 Å². The molecule has 2 heterocycles. The lowest BCUT2D eigenvalue weighted by Gasteiger charge is -2.30. The fourth-order valence-electron chi connectivity index (χ4n) is 3.96. The zero-order valence-electron chi connectivity index (χ0n) is 16.8. The highest BCUT2D eigenvalue weighted by molar-refractivity contribution is 6.30. The number of halogens is 2. The molecule has 0 spiro atoms. The molecule has 0 saturated heterocycles. The van der Waals surface area contributed by atoms with Crippen LogP contribution in [0.3, 0.4) is 0 Å². The minimum absolute atomic E-state index is 0.181. The predicted molar refractivity (Wildman–Crippen MR) is 117 cm³/mol. The molecule has 0 aromatic heterocycles. The summed E-state index contributed by atoms with van der Waals surface area (Å²) in [7, 11) is 0. The minimum Gasteiger partial charge on any atom is -0.477 e. The topological polar surface area (TPSA) is 38.8 Å². The van der Waals surface area contributed by atoms with E-state index in [1.807, 2.05) is 37.3 Å². The predicted octanol–water partition coefficient (Wildman–Crippen LogP) is 5.76. The highest BCUT2D eigenvalue weighted by atomic mass is 35.5. The van der Waals surface area contributed by atoms with Gasteiger partial charge < -0.3 is 9.47 Å². The molecule has 0 saturated carbocycles. The van der Waals surface area contributed by atoms with Gasteiger partial charge in [-0.05, 0) is 54.5 Å². The van der Waals surface area contributed by atoms with Gasteiger partial charge in [0.2, 0.25) is 5.78 Å². The molecular weight excluding hydrogens is 417 g/mol. The molecule has 0 bridgehead atoms. The summed E-state index contributed by atoms with van der Waals surface area (Å²) in [6.07, 6.45) is 1.63. The molecule has 2 aliphatic rings. The number of hydrogen-bond donors (Lipinski definition) is 0. The van der Waals surface area contributed by atoms with E-state index in [9.17, 15) is 9.18 Å². The molecule has 0 atom stereocenters. The van der Waals surface area contributed by atoms with Crippen molar-refractivity contribution in [3.05, 3.63) is 99.0 Å². The van der Waals surface area contributed by atoms with E-state index < -0.39 is 0 Å². The number of hydrogen-bond acceptors (Lipinski definition) is 4. The first-order chi connectivity index (χ1) is 15.0. The average molecular weight is 436 g/mol. The number of rotatable bonds is 3. The monoisotopic (exact) mass is 435 g/mol. The van der Waals surface area contributed by atoms with E-state index >= 15 is 0 Å². The van der Waals surface area contributed by atoms with Crippen molar-refractivity contribution in [1.29, 1.82) is 0 Å². The van der Waals surface area contributed by atoms with Gasteiger partial charge >= 0.3 is 0 Å². The molecule has 6 heteroatoms. The Hall–Kier alpha value is -3.15. The van der Waals surface area contributed by atoms with Gasteiger partial charge in [-0.3, -0.25) is 9.69 Å². The summed E-state index contributed by atoms with van der Waals surface area (Å²) in [5.41, 5.74) is 4.14. The molecule has 5 rings (SSSR count). The summed E-state index contributed by atoms with van der Waals surface area (Å²) in [4.78, 5) is 15.1. The molecule has 0 fully saturated rings. The van der Waals surface area contributed by atoms with Gasteiger partial charge in [0, 0.05) is 29.2 Å². The molecular formula is C25H19ClFNO3. The SMILES string of the molecule is Cc1c2c(cc3c1O/C(=C\c1ccc(F)cc1)C3=O)CN(Cc1ccc(Cl)cc1)CO2. The van der Waals surface area contributed by atoms with Gasteiger partial charge in [-0.25, -0.2) is 4.39 Å². The first-order valence-corrected chi connectivity index (χ1v) is 10.3. The van der Waals surface area contributed by atoms with Crippen molar-refractivity contribution in [2.75, 3.05) is 6.73 Å². The Bertz CT molecular complexity index is 1200. The van der Waals surface area contributed by atoms with Crippen LogP contribution in [0.25, 0.3) is 6.08 Å². The van der Waals surface area contributed by atoms with Crippen LogP contribution in [0.2, 0.25) is 5.02 Å². The molecule has 0 amide bonds. The van der Waals surface area contributed by atoms with Crippen LogP contribution in [0, 0.1) is 12.7 Å². The molecule has 0 radical (unpaired) electrons. The Kier molecular flexibility index (Phi) is 5.00. The molecule has 0 aliphatic carbocycles. The summed E-state index contributed by atoms with van der Waals surface area (Å²) in [5.74, 6) is 1.02. The van der Waals surface area contributed by atoms with Crippen LogP contribution in [0.15, 0.2) is 60.4 Å². The van der Waals surface area contributed by atoms with Crippen LogP contribution in [0.4, 0.5) is 4.39 Å². The van der Waals surface area contributed by atoms with Crippen molar-refractivity contribution in [1.82, 2.24) is 4.90 Å². The smallest absolute Gasteiger partial charge is 0.231 e. The number of carbonyl (C=O) groups is 1. The molecule has 0 N–H and O–H groups in total. The molecule has 31 heavy (non-hydrogen) atoms. The quantitative estimate of drug-likeness (QED) is 0.490. The van der Waals surface area contributed by atoms with E-state index in [1.165, 1.54) is 12.1 Å². The lowest BCUT2D eigenvalue weighted by atomic mass is 10.00. The number of ether oxygens (including phenoxy) is 2.